The Kier molecular flexibility index (Phi) is 6.58. The zero-order valence-corrected chi connectivity index (χ0v) is 21.6. The Bertz CT molecular complexity index is 1450. The first-order chi connectivity index (χ1) is 17.9. The van der Waals surface area contributed by atoms with Gasteiger partial charge < -0.3 is 15.0 Å². The van der Waals surface area contributed by atoms with E-state index >= 15 is 0 Å². The van der Waals surface area contributed by atoms with E-state index in [9.17, 15) is 4.79 Å². The van der Waals surface area contributed by atoms with Crippen LogP contribution in [-0.4, -0.2) is 57.9 Å². The van der Waals surface area contributed by atoms with Crippen molar-refractivity contribution in [3.63, 3.8) is 0 Å². The Labute approximate surface area is 215 Å². The molecule has 0 aliphatic carbocycles. The standard InChI is InChI=1S/C27H30N8O2/c1-17(2)33(4)25-13-18-19(21(31-25)14-28-3)15-34(27(18)36)24-12-8-9-20(30-24)26-32-29-16-35(26)22-10-6-7-11-23(22)37-5/h6-13,16-17,28H,14-15H2,1-5H3. The summed E-state index contributed by atoms with van der Waals surface area (Å²) in [4.78, 5) is 27.1. The van der Waals surface area contributed by atoms with Gasteiger partial charge in [0, 0.05) is 25.2 Å². The van der Waals surface area contributed by atoms with Crippen LogP contribution in [-0.2, 0) is 13.1 Å². The van der Waals surface area contributed by atoms with Crippen molar-refractivity contribution in [2.24, 2.45) is 0 Å². The minimum absolute atomic E-state index is 0.0935. The van der Waals surface area contributed by atoms with Crippen LogP contribution >= 0.6 is 0 Å². The zero-order valence-electron chi connectivity index (χ0n) is 21.6. The minimum Gasteiger partial charge on any atom is -0.495 e. The predicted molar refractivity (Wildman–Crippen MR) is 142 cm³/mol. The van der Waals surface area contributed by atoms with Crippen LogP contribution in [0.25, 0.3) is 17.2 Å². The van der Waals surface area contributed by atoms with Crippen molar-refractivity contribution in [1.82, 2.24) is 30.0 Å². The molecule has 1 amide bonds. The second-order valence-corrected chi connectivity index (χ2v) is 9.16. The lowest BCUT2D eigenvalue weighted by Crippen LogP contribution is -2.27. The number of pyridine rings is 2. The van der Waals surface area contributed by atoms with Crippen LogP contribution < -0.4 is 19.9 Å². The number of para-hydroxylation sites is 2. The van der Waals surface area contributed by atoms with E-state index in [4.69, 9.17) is 14.7 Å². The van der Waals surface area contributed by atoms with Gasteiger partial charge in [-0.15, -0.1) is 10.2 Å². The summed E-state index contributed by atoms with van der Waals surface area (Å²) in [6.45, 7) is 5.16. The molecule has 0 saturated carbocycles. The number of hydrogen-bond acceptors (Lipinski definition) is 8. The summed E-state index contributed by atoms with van der Waals surface area (Å²) in [5.74, 6) is 2.47. The highest BCUT2D eigenvalue weighted by Gasteiger charge is 2.33. The molecule has 1 aromatic carbocycles. The first kappa shape index (κ1) is 24.4. The van der Waals surface area contributed by atoms with Crippen LogP contribution in [0.2, 0.25) is 0 Å². The highest BCUT2D eigenvalue weighted by Crippen LogP contribution is 2.33. The van der Waals surface area contributed by atoms with Crippen LogP contribution in [0.1, 0.15) is 35.5 Å². The number of nitrogens with zero attached hydrogens (tertiary/aromatic N) is 7. The highest BCUT2D eigenvalue weighted by atomic mass is 16.5. The average Bonchev–Trinajstić information content (AvgIpc) is 3.53. The van der Waals surface area contributed by atoms with E-state index in [-0.39, 0.29) is 11.9 Å². The van der Waals surface area contributed by atoms with Crippen molar-refractivity contribution in [2.75, 3.05) is 31.0 Å². The SMILES string of the molecule is CNCc1nc(N(C)C(C)C)cc2c1CN(c1cccc(-c3nncn3-c3ccccc3OC)n1)C2=O. The second-order valence-electron chi connectivity index (χ2n) is 9.16. The molecule has 0 spiro atoms. The van der Waals surface area contributed by atoms with Gasteiger partial charge in [0.15, 0.2) is 5.82 Å². The molecule has 1 aliphatic heterocycles. The number of rotatable bonds is 8. The lowest BCUT2D eigenvalue weighted by Gasteiger charge is -2.24. The van der Waals surface area contributed by atoms with Gasteiger partial charge in [0.1, 0.15) is 29.4 Å². The third-order valence-electron chi connectivity index (χ3n) is 6.60. The molecule has 1 aliphatic rings. The molecule has 0 atom stereocenters. The van der Waals surface area contributed by atoms with E-state index in [1.807, 2.05) is 67.2 Å². The molecule has 10 heteroatoms. The molecule has 4 heterocycles. The van der Waals surface area contributed by atoms with E-state index in [1.165, 1.54) is 0 Å². The Morgan fingerprint density at radius 2 is 1.95 bits per heavy atom. The van der Waals surface area contributed by atoms with Gasteiger partial charge in [-0.25, -0.2) is 9.97 Å². The number of carbonyl (C=O) groups excluding carboxylic acids is 1. The Morgan fingerprint density at radius 1 is 1.14 bits per heavy atom. The van der Waals surface area contributed by atoms with Gasteiger partial charge in [-0.3, -0.25) is 14.3 Å². The van der Waals surface area contributed by atoms with E-state index < -0.39 is 0 Å². The highest BCUT2D eigenvalue weighted by molar-refractivity contribution is 6.10. The van der Waals surface area contributed by atoms with Gasteiger partial charge in [0.25, 0.3) is 5.91 Å². The van der Waals surface area contributed by atoms with Gasteiger partial charge in [-0.1, -0.05) is 18.2 Å². The number of aromatic nitrogens is 5. The largest absolute Gasteiger partial charge is 0.495 e. The Morgan fingerprint density at radius 3 is 2.70 bits per heavy atom. The fourth-order valence-corrected chi connectivity index (χ4v) is 4.41. The molecular formula is C27H30N8O2. The van der Waals surface area contributed by atoms with Gasteiger partial charge in [-0.2, -0.15) is 0 Å². The number of anilines is 2. The number of fused-ring (bicyclic) bond motifs is 1. The molecule has 1 N–H and O–H groups in total. The lowest BCUT2D eigenvalue weighted by molar-refractivity contribution is 0.0996. The van der Waals surface area contributed by atoms with Gasteiger partial charge in [0.2, 0.25) is 0 Å². The summed E-state index contributed by atoms with van der Waals surface area (Å²) in [7, 11) is 5.49. The van der Waals surface area contributed by atoms with Gasteiger partial charge >= 0.3 is 0 Å². The van der Waals surface area contributed by atoms with Crippen molar-refractivity contribution < 1.29 is 9.53 Å². The fraction of sp³-hybridized carbons (Fsp3) is 0.296. The Balaban J connectivity index is 1.52. The molecule has 37 heavy (non-hydrogen) atoms. The molecule has 3 aromatic heterocycles. The van der Waals surface area contributed by atoms with Crippen molar-refractivity contribution in [3.05, 3.63) is 71.7 Å². The number of ether oxygens (including phenoxy) is 1. The summed E-state index contributed by atoms with van der Waals surface area (Å²) in [6, 6.07) is 15.3. The van der Waals surface area contributed by atoms with Crippen LogP contribution in [0, 0.1) is 0 Å². The van der Waals surface area contributed by atoms with Crippen molar-refractivity contribution in [3.8, 4) is 23.0 Å². The van der Waals surface area contributed by atoms with E-state index in [0.717, 1.165) is 22.8 Å². The van der Waals surface area contributed by atoms with Crippen molar-refractivity contribution in [1.29, 1.82) is 0 Å². The molecule has 4 aromatic rings. The van der Waals surface area contributed by atoms with Gasteiger partial charge in [-0.05, 0) is 51.2 Å². The third kappa shape index (κ3) is 4.40. The molecule has 0 bridgehead atoms. The molecule has 0 saturated heterocycles. The minimum atomic E-state index is -0.0935. The van der Waals surface area contributed by atoms with Crippen molar-refractivity contribution in [2.45, 2.75) is 33.0 Å². The maximum absolute atomic E-state index is 13.6. The summed E-state index contributed by atoms with van der Waals surface area (Å²) in [6.07, 6.45) is 1.63. The van der Waals surface area contributed by atoms with Crippen molar-refractivity contribution >= 4 is 17.5 Å². The van der Waals surface area contributed by atoms with E-state index in [2.05, 4.69) is 34.3 Å². The fourth-order valence-electron chi connectivity index (χ4n) is 4.41. The summed E-state index contributed by atoms with van der Waals surface area (Å²) >= 11 is 0. The predicted octanol–water partition coefficient (Wildman–Crippen LogP) is 3.46. The third-order valence-corrected chi connectivity index (χ3v) is 6.60. The molecule has 190 valence electrons. The van der Waals surface area contributed by atoms with Crippen LogP contribution in [0.5, 0.6) is 5.75 Å². The molecular weight excluding hydrogens is 468 g/mol. The van der Waals surface area contributed by atoms with Gasteiger partial charge in [0.05, 0.1) is 30.6 Å². The first-order valence-corrected chi connectivity index (χ1v) is 12.2. The Hall–Kier alpha value is -4.31. The maximum atomic E-state index is 13.6. The number of benzene rings is 1. The maximum Gasteiger partial charge on any atom is 0.260 e. The van der Waals surface area contributed by atoms with Crippen LogP contribution in [0.15, 0.2) is 54.9 Å². The smallest absolute Gasteiger partial charge is 0.260 e. The quantitative estimate of drug-likeness (QED) is 0.394. The molecule has 0 unspecified atom stereocenters. The van der Waals surface area contributed by atoms with E-state index in [0.29, 0.717) is 41.7 Å². The average molecular weight is 499 g/mol. The summed E-state index contributed by atoms with van der Waals surface area (Å²) in [5.41, 5.74) is 3.84. The van der Waals surface area contributed by atoms with Crippen LogP contribution in [0.3, 0.4) is 0 Å². The number of amides is 1. The zero-order chi connectivity index (χ0) is 26.1. The van der Waals surface area contributed by atoms with Crippen LogP contribution in [0.4, 0.5) is 11.6 Å². The monoisotopic (exact) mass is 498 g/mol. The number of carbonyl (C=O) groups is 1. The number of nitrogens with one attached hydrogen (secondary N) is 1. The molecule has 0 fully saturated rings. The second kappa shape index (κ2) is 9.98. The summed E-state index contributed by atoms with van der Waals surface area (Å²) < 4.78 is 7.35. The lowest BCUT2D eigenvalue weighted by atomic mass is 10.1. The van der Waals surface area contributed by atoms with E-state index in [1.54, 1.807) is 18.3 Å². The normalized spacial score (nSPS) is 12.8. The molecule has 5 rings (SSSR count). The molecule has 10 nitrogen and oxygen atoms in total. The topological polar surface area (TPSA) is 101 Å². The summed E-state index contributed by atoms with van der Waals surface area (Å²) in [5, 5.41) is 11.6. The number of hydrogen-bond donors (Lipinski definition) is 1. The first-order valence-electron chi connectivity index (χ1n) is 12.2. The molecule has 0 radical (unpaired) electrons. The number of methoxy groups -OCH3 is 1.